The maximum absolute atomic E-state index is 12.8. The van der Waals surface area contributed by atoms with Crippen LogP contribution in [0.3, 0.4) is 0 Å². The summed E-state index contributed by atoms with van der Waals surface area (Å²) in [4.78, 5) is 22.0. The molecule has 0 N–H and O–H groups in total. The molecule has 4 rings (SSSR count). The lowest BCUT2D eigenvalue weighted by atomic mass is 9.86. The molecule has 3 aliphatic rings. The quantitative estimate of drug-likeness (QED) is 0.788. The summed E-state index contributed by atoms with van der Waals surface area (Å²) in [5, 5.41) is 4.07. The van der Waals surface area contributed by atoms with Crippen LogP contribution in [-0.4, -0.2) is 51.5 Å². The third-order valence-electron chi connectivity index (χ3n) is 6.54. The molecule has 1 atom stereocenters. The Kier molecular flexibility index (Phi) is 5.81. The van der Waals surface area contributed by atoms with Crippen LogP contribution in [0.15, 0.2) is 4.52 Å². The Hall–Kier alpha value is -1.43. The summed E-state index contributed by atoms with van der Waals surface area (Å²) in [6, 6.07) is 0.471. The highest BCUT2D eigenvalue weighted by Gasteiger charge is 2.39. The fraction of sp³-hybridized carbons (Fsp3) is 0.857. The number of carbonyl (C=O) groups excluding carboxylic acids is 1. The molecule has 0 radical (unpaired) electrons. The second kappa shape index (κ2) is 8.29. The van der Waals surface area contributed by atoms with Gasteiger partial charge in [-0.15, -0.1) is 0 Å². The third-order valence-corrected chi connectivity index (χ3v) is 6.54. The van der Waals surface area contributed by atoms with Gasteiger partial charge in [-0.2, -0.15) is 4.98 Å². The van der Waals surface area contributed by atoms with Gasteiger partial charge in [-0.3, -0.25) is 9.69 Å². The zero-order valence-corrected chi connectivity index (χ0v) is 16.9. The van der Waals surface area contributed by atoms with Gasteiger partial charge in [0, 0.05) is 24.4 Å². The highest BCUT2D eigenvalue weighted by molar-refractivity contribution is 5.81. The van der Waals surface area contributed by atoms with E-state index in [0.29, 0.717) is 29.7 Å². The van der Waals surface area contributed by atoms with Crippen molar-refractivity contribution in [2.24, 2.45) is 11.8 Å². The third kappa shape index (κ3) is 4.53. The van der Waals surface area contributed by atoms with Crippen LogP contribution in [-0.2, 0) is 11.3 Å². The van der Waals surface area contributed by atoms with Gasteiger partial charge in [0.2, 0.25) is 11.8 Å². The Morgan fingerprint density at radius 2 is 1.85 bits per heavy atom. The van der Waals surface area contributed by atoms with Crippen molar-refractivity contribution in [3.63, 3.8) is 0 Å². The Morgan fingerprint density at radius 1 is 1.07 bits per heavy atom. The summed E-state index contributed by atoms with van der Waals surface area (Å²) in [5.74, 6) is 3.29. The molecule has 2 aliphatic heterocycles. The van der Waals surface area contributed by atoms with Gasteiger partial charge in [-0.25, -0.2) is 0 Å². The van der Waals surface area contributed by atoms with E-state index in [-0.39, 0.29) is 0 Å². The molecule has 1 aliphatic carbocycles. The smallest absolute Gasteiger partial charge is 0.240 e. The molecule has 0 spiro atoms. The first kappa shape index (κ1) is 18.9. The van der Waals surface area contributed by atoms with Crippen LogP contribution in [0.5, 0.6) is 0 Å². The predicted molar refractivity (Wildman–Crippen MR) is 103 cm³/mol. The average molecular weight is 375 g/mol. The van der Waals surface area contributed by atoms with Crippen molar-refractivity contribution >= 4 is 5.91 Å². The van der Waals surface area contributed by atoms with Crippen LogP contribution in [0, 0.1) is 11.8 Å². The first-order valence-corrected chi connectivity index (χ1v) is 11.0. The molecule has 1 amide bonds. The van der Waals surface area contributed by atoms with Gasteiger partial charge >= 0.3 is 0 Å². The van der Waals surface area contributed by atoms with Gasteiger partial charge in [0.05, 0.1) is 6.54 Å². The summed E-state index contributed by atoms with van der Waals surface area (Å²) >= 11 is 0. The van der Waals surface area contributed by atoms with Crippen LogP contribution in [0.2, 0.25) is 0 Å². The summed E-state index contributed by atoms with van der Waals surface area (Å²) in [7, 11) is 0. The Bertz CT molecular complexity index is 632. The van der Waals surface area contributed by atoms with Crippen molar-refractivity contribution in [2.75, 3.05) is 19.6 Å². The number of hydrogen-bond donors (Lipinski definition) is 0. The summed E-state index contributed by atoms with van der Waals surface area (Å²) in [6.45, 7) is 8.03. The molecule has 6 nitrogen and oxygen atoms in total. The van der Waals surface area contributed by atoms with E-state index in [1.165, 1.54) is 38.5 Å². The molecule has 3 fully saturated rings. The van der Waals surface area contributed by atoms with Crippen LogP contribution in [0.1, 0.15) is 82.8 Å². The molecule has 1 saturated carbocycles. The van der Waals surface area contributed by atoms with Gasteiger partial charge < -0.3 is 9.42 Å². The molecule has 1 aromatic rings. The van der Waals surface area contributed by atoms with E-state index in [9.17, 15) is 4.79 Å². The van der Waals surface area contributed by atoms with E-state index < -0.39 is 0 Å². The van der Waals surface area contributed by atoms with Crippen molar-refractivity contribution in [3.8, 4) is 0 Å². The predicted octanol–water partition coefficient (Wildman–Crippen LogP) is 3.59. The molecule has 2 saturated heterocycles. The SMILES string of the molecule is CC(C)c1noc(CN2CCC(C3CCCCCN3C(=O)C3CC3)CC2)n1. The first-order chi connectivity index (χ1) is 13.1. The Labute approximate surface area is 162 Å². The van der Waals surface area contributed by atoms with Gasteiger partial charge in [0.1, 0.15) is 0 Å². The van der Waals surface area contributed by atoms with E-state index in [0.717, 1.165) is 50.7 Å². The lowest BCUT2D eigenvalue weighted by molar-refractivity contribution is -0.136. The number of rotatable bonds is 5. The number of nitrogens with zero attached hydrogens (tertiary/aromatic N) is 4. The van der Waals surface area contributed by atoms with Crippen LogP contribution < -0.4 is 0 Å². The summed E-state index contributed by atoms with van der Waals surface area (Å²) in [5.41, 5.74) is 0. The first-order valence-electron chi connectivity index (χ1n) is 11.0. The zero-order chi connectivity index (χ0) is 18.8. The molecule has 150 valence electrons. The highest BCUT2D eigenvalue weighted by atomic mass is 16.5. The fourth-order valence-corrected chi connectivity index (χ4v) is 4.72. The van der Waals surface area contributed by atoms with Crippen molar-refractivity contribution in [1.29, 1.82) is 0 Å². The van der Waals surface area contributed by atoms with Gasteiger partial charge in [0.25, 0.3) is 0 Å². The fourth-order valence-electron chi connectivity index (χ4n) is 4.72. The van der Waals surface area contributed by atoms with E-state index >= 15 is 0 Å². The minimum absolute atomic E-state index is 0.304. The molecular weight excluding hydrogens is 340 g/mol. The zero-order valence-electron chi connectivity index (χ0n) is 16.9. The maximum Gasteiger partial charge on any atom is 0.240 e. The lowest BCUT2D eigenvalue weighted by Gasteiger charge is -2.40. The van der Waals surface area contributed by atoms with Gasteiger partial charge in [-0.05, 0) is 57.5 Å². The molecule has 1 unspecified atom stereocenters. The average Bonchev–Trinajstić information content (AvgIpc) is 3.45. The van der Waals surface area contributed by atoms with E-state index in [1.54, 1.807) is 0 Å². The van der Waals surface area contributed by atoms with Crippen molar-refractivity contribution in [2.45, 2.75) is 83.7 Å². The molecular formula is C21H34N4O2. The molecule has 0 bridgehead atoms. The topological polar surface area (TPSA) is 62.5 Å². The monoisotopic (exact) mass is 374 g/mol. The largest absolute Gasteiger partial charge is 0.339 e. The second-order valence-corrected chi connectivity index (χ2v) is 9.04. The maximum atomic E-state index is 12.8. The number of amides is 1. The van der Waals surface area contributed by atoms with Crippen LogP contribution >= 0.6 is 0 Å². The van der Waals surface area contributed by atoms with Crippen molar-refractivity contribution in [3.05, 3.63) is 11.7 Å². The van der Waals surface area contributed by atoms with E-state index in [1.807, 2.05) is 0 Å². The number of hydrogen-bond acceptors (Lipinski definition) is 5. The highest BCUT2D eigenvalue weighted by Crippen LogP contribution is 2.36. The minimum Gasteiger partial charge on any atom is -0.339 e. The molecule has 3 heterocycles. The van der Waals surface area contributed by atoms with Crippen molar-refractivity contribution in [1.82, 2.24) is 19.9 Å². The normalized spacial score (nSPS) is 25.7. The van der Waals surface area contributed by atoms with Crippen LogP contribution in [0.25, 0.3) is 0 Å². The number of likely N-dealkylation sites (tertiary alicyclic amines) is 2. The number of piperidine rings is 1. The lowest BCUT2D eigenvalue weighted by Crippen LogP contribution is -2.48. The number of aromatic nitrogens is 2. The number of carbonyl (C=O) groups is 1. The molecule has 1 aromatic heterocycles. The van der Waals surface area contributed by atoms with Crippen LogP contribution in [0.4, 0.5) is 0 Å². The minimum atomic E-state index is 0.304. The Balaban J connectivity index is 1.33. The van der Waals surface area contributed by atoms with E-state index in [4.69, 9.17) is 4.52 Å². The second-order valence-electron chi connectivity index (χ2n) is 9.04. The summed E-state index contributed by atoms with van der Waals surface area (Å²) in [6.07, 6.45) is 9.51. The van der Waals surface area contributed by atoms with Crippen molar-refractivity contribution < 1.29 is 9.32 Å². The molecule has 27 heavy (non-hydrogen) atoms. The standard InChI is InChI=1S/C21H34N4O2/c1-15(2)20-22-19(27-23-20)14-24-12-9-16(10-13-24)18-6-4-3-5-11-25(18)21(26)17-7-8-17/h15-18H,3-14H2,1-2H3. The van der Waals surface area contributed by atoms with Gasteiger partial charge in [-0.1, -0.05) is 31.8 Å². The van der Waals surface area contributed by atoms with E-state index in [2.05, 4.69) is 33.8 Å². The molecule has 0 aromatic carbocycles. The van der Waals surface area contributed by atoms with Gasteiger partial charge in [0.15, 0.2) is 5.82 Å². The summed E-state index contributed by atoms with van der Waals surface area (Å²) < 4.78 is 5.41. The Morgan fingerprint density at radius 3 is 2.52 bits per heavy atom. The molecule has 6 heteroatoms.